The largest absolute Gasteiger partial charge is 0.385 e. The highest BCUT2D eigenvalue weighted by Crippen LogP contribution is 2.20. The molecule has 0 aliphatic carbocycles. The summed E-state index contributed by atoms with van der Waals surface area (Å²) >= 11 is 5.85. The fraction of sp³-hybridized carbons (Fsp3) is 0.625. The summed E-state index contributed by atoms with van der Waals surface area (Å²) in [4.78, 5) is 0. The monoisotopic (exact) mass is 203 g/mol. The first-order valence-corrected chi connectivity index (χ1v) is 4.60. The van der Waals surface area contributed by atoms with Crippen LogP contribution in [0.5, 0.6) is 0 Å². The second-order valence-corrected chi connectivity index (χ2v) is 3.23. The lowest BCUT2D eigenvalue weighted by atomic mass is 10.2. The van der Waals surface area contributed by atoms with Gasteiger partial charge in [0.05, 0.1) is 16.9 Å². The average molecular weight is 204 g/mol. The predicted octanol–water partition coefficient (Wildman–Crippen LogP) is 0.716. The van der Waals surface area contributed by atoms with Gasteiger partial charge in [-0.2, -0.15) is 5.10 Å². The van der Waals surface area contributed by atoms with E-state index in [1.54, 1.807) is 11.7 Å². The normalized spacial score (nSPS) is 13.2. The fourth-order valence-electron chi connectivity index (χ4n) is 1.17. The Labute approximate surface area is 82.5 Å². The van der Waals surface area contributed by atoms with Gasteiger partial charge in [-0.05, 0) is 6.54 Å². The van der Waals surface area contributed by atoms with E-state index in [1.165, 1.54) is 6.20 Å². The van der Waals surface area contributed by atoms with Crippen LogP contribution < -0.4 is 5.32 Å². The second kappa shape index (κ2) is 4.60. The molecule has 0 aliphatic heterocycles. The molecular formula is C8H14ClN3O. The Balaban J connectivity index is 2.69. The minimum absolute atomic E-state index is 0.496. The third-order valence-electron chi connectivity index (χ3n) is 1.84. The molecule has 1 aromatic rings. The van der Waals surface area contributed by atoms with Crippen LogP contribution in [0.3, 0.4) is 0 Å². The molecule has 0 radical (unpaired) electrons. The highest BCUT2D eigenvalue weighted by molar-refractivity contribution is 6.31. The molecule has 2 N–H and O–H groups in total. The molecule has 0 aromatic carbocycles. The molecule has 74 valence electrons. The third kappa shape index (κ3) is 2.43. The zero-order chi connectivity index (χ0) is 9.84. The molecular weight excluding hydrogens is 190 g/mol. The number of likely N-dealkylation sites (N-methyl/N-ethyl adjacent to an activating group) is 1. The molecule has 1 aromatic heterocycles. The SMILES string of the molecule is CCNCC(O)c1c(Cl)cnn1C. The van der Waals surface area contributed by atoms with Crippen molar-refractivity contribution in [3.8, 4) is 0 Å². The lowest BCUT2D eigenvalue weighted by Crippen LogP contribution is -2.22. The predicted molar refractivity (Wildman–Crippen MR) is 51.7 cm³/mol. The van der Waals surface area contributed by atoms with Crippen molar-refractivity contribution < 1.29 is 5.11 Å². The number of aromatic nitrogens is 2. The standard InChI is InChI=1S/C8H14ClN3O/c1-3-10-5-7(13)8-6(9)4-11-12(8)2/h4,7,10,13H,3,5H2,1-2H3. The van der Waals surface area contributed by atoms with Crippen molar-refractivity contribution >= 4 is 11.6 Å². The molecule has 5 heteroatoms. The number of aliphatic hydroxyl groups is 1. The van der Waals surface area contributed by atoms with Gasteiger partial charge in [0.25, 0.3) is 0 Å². The van der Waals surface area contributed by atoms with Crippen LogP contribution in [-0.4, -0.2) is 28.0 Å². The maximum absolute atomic E-state index is 9.69. The van der Waals surface area contributed by atoms with E-state index in [4.69, 9.17) is 11.6 Å². The molecule has 0 fully saturated rings. The smallest absolute Gasteiger partial charge is 0.109 e. The summed E-state index contributed by atoms with van der Waals surface area (Å²) < 4.78 is 1.59. The first-order chi connectivity index (χ1) is 6.16. The zero-order valence-electron chi connectivity index (χ0n) is 7.79. The number of aryl methyl sites for hydroxylation is 1. The molecule has 1 heterocycles. The van der Waals surface area contributed by atoms with Crippen LogP contribution in [0.15, 0.2) is 6.20 Å². The van der Waals surface area contributed by atoms with Gasteiger partial charge in [0.1, 0.15) is 6.10 Å². The number of aliphatic hydroxyl groups excluding tert-OH is 1. The molecule has 0 saturated carbocycles. The van der Waals surface area contributed by atoms with Crippen LogP contribution in [0.2, 0.25) is 5.02 Å². The van der Waals surface area contributed by atoms with Crippen LogP contribution >= 0.6 is 11.6 Å². The molecule has 13 heavy (non-hydrogen) atoms. The molecule has 1 atom stereocenters. The second-order valence-electron chi connectivity index (χ2n) is 2.82. The van der Waals surface area contributed by atoms with Gasteiger partial charge in [0.2, 0.25) is 0 Å². The molecule has 0 aliphatic rings. The van der Waals surface area contributed by atoms with Crippen molar-refractivity contribution in [2.24, 2.45) is 7.05 Å². The fourth-order valence-corrected chi connectivity index (χ4v) is 1.46. The lowest BCUT2D eigenvalue weighted by molar-refractivity contribution is 0.166. The van der Waals surface area contributed by atoms with Crippen molar-refractivity contribution in [3.05, 3.63) is 16.9 Å². The summed E-state index contributed by atoms with van der Waals surface area (Å²) in [6.07, 6.45) is 0.937. The quantitative estimate of drug-likeness (QED) is 0.758. The molecule has 0 saturated heterocycles. The number of hydrogen-bond donors (Lipinski definition) is 2. The Hall–Kier alpha value is -0.580. The van der Waals surface area contributed by atoms with Crippen molar-refractivity contribution in [3.63, 3.8) is 0 Å². The Bertz CT molecular complexity index is 255. The van der Waals surface area contributed by atoms with Crippen molar-refractivity contribution in [1.29, 1.82) is 0 Å². The lowest BCUT2D eigenvalue weighted by Gasteiger charge is -2.11. The van der Waals surface area contributed by atoms with E-state index in [2.05, 4.69) is 10.4 Å². The van der Waals surface area contributed by atoms with Crippen LogP contribution in [0, 0.1) is 0 Å². The van der Waals surface area contributed by atoms with Crippen LogP contribution in [0.1, 0.15) is 18.7 Å². The van der Waals surface area contributed by atoms with Crippen LogP contribution in [0.25, 0.3) is 0 Å². The van der Waals surface area contributed by atoms with Crippen molar-refractivity contribution in [2.75, 3.05) is 13.1 Å². The van der Waals surface area contributed by atoms with Crippen LogP contribution in [0.4, 0.5) is 0 Å². The van der Waals surface area contributed by atoms with Gasteiger partial charge in [0, 0.05) is 13.6 Å². The Morgan fingerprint density at radius 3 is 2.92 bits per heavy atom. The number of nitrogens with zero attached hydrogens (tertiary/aromatic N) is 2. The van der Waals surface area contributed by atoms with Gasteiger partial charge < -0.3 is 10.4 Å². The molecule has 1 rings (SSSR count). The zero-order valence-corrected chi connectivity index (χ0v) is 8.54. The van der Waals surface area contributed by atoms with Gasteiger partial charge >= 0.3 is 0 Å². The summed E-state index contributed by atoms with van der Waals surface area (Å²) in [6.45, 7) is 3.31. The highest BCUT2D eigenvalue weighted by Gasteiger charge is 2.15. The third-order valence-corrected chi connectivity index (χ3v) is 2.13. The summed E-state index contributed by atoms with van der Waals surface area (Å²) in [6, 6.07) is 0. The number of halogens is 1. The maximum atomic E-state index is 9.69. The van der Waals surface area contributed by atoms with E-state index in [0.29, 0.717) is 17.3 Å². The van der Waals surface area contributed by atoms with Crippen molar-refractivity contribution in [2.45, 2.75) is 13.0 Å². The first kappa shape index (κ1) is 10.5. The molecule has 1 unspecified atom stereocenters. The molecule has 0 bridgehead atoms. The minimum Gasteiger partial charge on any atom is -0.385 e. The van der Waals surface area contributed by atoms with E-state index < -0.39 is 6.10 Å². The number of hydrogen-bond acceptors (Lipinski definition) is 3. The molecule has 4 nitrogen and oxygen atoms in total. The van der Waals surface area contributed by atoms with Gasteiger partial charge in [-0.3, -0.25) is 4.68 Å². The van der Waals surface area contributed by atoms with E-state index in [-0.39, 0.29) is 0 Å². The highest BCUT2D eigenvalue weighted by atomic mass is 35.5. The Morgan fingerprint density at radius 1 is 1.77 bits per heavy atom. The maximum Gasteiger partial charge on any atom is 0.109 e. The molecule has 0 amide bonds. The topological polar surface area (TPSA) is 50.1 Å². The minimum atomic E-state index is -0.597. The van der Waals surface area contributed by atoms with Gasteiger partial charge in [-0.15, -0.1) is 0 Å². The van der Waals surface area contributed by atoms with E-state index in [9.17, 15) is 5.11 Å². The Morgan fingerprint density at radius 2 is 2.46 bits per heavy atom. The Kier molecular flexibility index (Phi) is 3.71. The van der Waals surface area contributed by atoms with Gasteiger partial charge in [0.15, 0.2) is 0 Å². The van der Waals surface area contributed by atoms with E-state index in [1.807, 2.05) is 6.92 Å². The van der Waals surface area contributed by atoms with E-state index in [0.717, 1.165) is 6.54 Å². The first-order valence-electron chi connectivity index (χ1n) is 4.23. The van der Waals surface area contributed by atoms with Crippen LogP contribution in [-0.2, 0) is 7.05 Å². The number of nitrogens with one attached hydrogen (secondary N) is 1. The van der Waals surface area contributed by atoms with Crippen molar-refractivity contribution in [1.82, 2.24) is 15.1 Å². The molecule has 0 spiro atoms. The van der Waals surface area contributed by atoms with Gasteiger partial charge in [-0.1, -0.05) is 18.5 Å². The van der Waals surface area contributed by atoms with E-state index >= 15 is 0 Å². The van der Waals surface area contributed by atoms with Gasteiger partial charge in [-0.25, -0.2) is 0 Å². The average Bonchev–Trinajstić information content (AvgIpc) is 2.42. The number of rotatable bonds is 4. The summed E-state index contributed by atoms with van der Waals surface area (Å²) in [5, 5.41) is 17.2. The summed E-state index contributed by atoms with van der Waals surface area (Å²) in [5.41, 5.74) is 0.655. The summed E-state index contributed by atoms with van der Waals surface area (Å²) in [7, 11) is 1.76. The summed E-state index contributed by atoms with van der Waals surface area (Å²) in [5.74, 6) is 0.